The smallest absolute Gasteiger partial charge is 0.370 e. The average molecular weight is 317 g/mol. The molecule has 3 rings (SSSR count). The van der Waals surface area contributed by atoms with Crippen LogP contribution < -0.4 is 0 Å². The van der Waals surface area contributed by atoms with Crippen LogP contribution in [0.2, 0.25) is 0 Å². The van der Waals surface area contributed by atoms with Gasteiger partial charge in [0.05, 0.1) is 13.7 Å². The molecule has 22 heavy (non-hydrogen) atoms. The lowest BCUT2D eigenvalue weighted by Gasteiger charge is -2.49. The Morgan fingerprint density at radius 3 is 2.86 bits per heavy atom. The van der Waals surface area contributed by atoms with Gasteiger partial charge in [-0.3, -0.25) is 0 Å². The number of aryl methyl sites for hydroxylation is 1. The Labute approximate surface area is 134 Å². The van der Waals surface area contributed by atoms with E-state index in [0.29, 0.717) is 13.1 Å². The summed E-state index contributed by atoms with van der Waals surface area (Å²) in [5.74, 6) is -0.456. The number of benzene rings is 1. The van der Waals surface area contributed by atoms with Gasteiger partial charge in [0.2, 0.25) is 6.04 Å². The molecule has 0 saturated carbocycles. The standard InChI is InChI=1S/C17H19NO3S/c1-12-5-3-4-6-14(12)16(17(19)21-2)18(20)9-7-15-13(11-18)8-10-22-15/h3-6,8,10,16H,7,9,11H2,1-2H3/t16-,18?/m1/s1. The number of thiophene rings is 1. The molecule has 2 aromatic rings. The van der Waals surface area contributed by atoms with Crippen LogP contribution in [0.4, 0.5) is 0 Å². The molecule has 0 saturated heterocycles. The van der Waals surface area contributed by atoms with Crippen LogP contribution in [0.1, 0.15) is 27.6 Å². The Kier molecular flexibility index (Phi) is 4.04. The monoisotopic (exact) mass is 317 g/mol. The number of fused-ring (bicyclic) bond motifs is 1. The van der Waals surface area contributed by atoms with Crippen molar-refractivity contribution in [3.8, 4) is 0 Å². The summed E-state index contributed by atoms with van der Waals surface area (Å²) in [6, 6.07) is 8.74. The Bertz CT molecular complexity index is 697. The van der Waals surface area contributed by atoms with Crippen LogP contribution in [0.25, 0.3) is 0 Å². The van der Waals surface area contributed by atoms with E-state index in [1.165, 1.54) is 12.0 Å². The third-order valence-corrected chi connectivity index (χ3v) is 5.39. The maximum Gasteiger partial charge on any atom is 0.370 e. The van der Waals surface area contributed by atoms with E-state index in [2.05, 4.69) is 0 Å². The molecule has 1 unspecified atom stereocenters. The second-order valence-corrected chi connectivity index (χ2v) is 6.74. The summed E-state index contributed by atoms with van der Waals surface area (Å²) < 4.78 is 4.39. The number of nitrogens with zero attached hydrogens (tertiary/aromatic N) is 1. The molecule has 116 valence electrons. The van der Waals surface area contributed by atoms with Crippen molar-refractivity contribution < 1.29 is 14.2 Å². The van der Waals surface area contributed by atoms with Crippen molar-refractivity contribution in [2.24, 2.45) is 0 Å². The molecule has 1 aromatic carbocycles. The van der Waals surface area contributed by atoms with E-state index in [1.54, 1.807) is 11.3 Å². The normalized spacial score (nSPS) is 22.0. The maximum absolute atomic E-state index is 13.5. The predicted molar refractivity (Wildman–Crippen MR) is 86.2 cm³/mol. The van der Waals surface area contributed by atoms with Crippen LogP contribution >= 0.6 is 11.3 Å². The van der Waals surface area contributed by atoms with E-state index in [9.17, 15) is 10.0 Å². The van der Waals surface area contributed by atoms with Gasteiger partial charge < -0.3 is 14.6 Å². The summed E-state index contributed by atoms with van der Waals surface area (Å²) in [6.07, 6.45) is 0.718. The van der Waals surface area contributed by atoms with Gasteiger partial charge in [-0.15, -0.1) is 11.3 Å². The second-order valence-electron chi connectivity index (χ2n) is 5.74. The fraction of sp³-hybridized carbons (Fsp3) is 0.353. The third kappa shape index (κ3) is 2.56. The molecule has 0 amide bonds. The van der Waals surface area contributed by atoms with Crippen molar-refractivity contribution in [2.45, 2.75) is 25.9 Å². The maximum atomic E-state index is 13.5. The molecule has 2 atom stereocenters. The number of hydroxylamine groups is 3. The van der Waals surface area contributed by atoms with Gasteiger partial charge in [0.1, 0.15) is 6.54 Å². The number of ether oxygens (including phenoxy) is 1. The first-order valence-corrected chi connectivity index (χ1v) is 8.19. The fourth-order valence-electron chi connectivity index (χ4n) is 3.18. The number of hydrogen-bond donors (Lipinski definition) is 0. The van der Waals surface area contributed by atoms with Gasteiger partial charge in [-0.1, -0.05) is 24.3 Å². The fourth-order valence-corrected chi connectivity index (χ4v) is 4.07. The third-order valence-electron chi connectivity index (χ3n) is 4.37. The van der Waals surface area contributed by atoms with Gasteiger partial charge in [-0.2, -0.15) is 0 Å². The van der Waals surface area contributed by atoms with E-state index in [4.69, 9.17) is 4.74 Å². The van der Waals surface area contributed by atoms with Crippen molar-refractivity contribution in [2.75, 3.05) is 13.7 Å². The number of esters is 1. The summed E-state index contributed by atoms with van der Waals surface area (Å²) in [5, 5.41) is 15.5. The van der Waals surface area contributed by atoms with Crippen LogP contribution in [-0.2, 0) is 22.5 Å². The minimum absolute atomic E-state index is 0.326. The van der Waals surface area contributed by atoms with Crippen LogP contribution in [-0.4, -0.2) is 24.3 Å². The lowest BCUT2D eigenvalue weighted by molar-refractivity contribution is -0.917. The van der Waals surface area contributed by atoms with Crippen molar-refractivity contribution in [1.29, 1.82) is 0 Å². The van der Waals surface area contributed by atoms with Crippen LogP contribution in [0.5, 0.6) is 0 Å². The molecule has 0 aliphatic carbocycles. The largest absolute Gasteiger partial charge is 0.632 e. The summed E-state index contributed by atoms with van der Waals surface area (Å²) in [4.78, 5) is 13.6. The summed E-state index contributed by atoms with van der Waals surface area (Å²) in [7, 11) is 1.35. The topological polar surface area (TPSA) is 49.4 Å². The molecule has 0 radical (unpaired) electrons. The highest BCUT2D eigenvalue weighted by molar-refractivity contribution is 7.10. The number of rotatable bonds is 3. The molecule has 1 aromatic heterocycles. The number of carbonyl (C=O) groups is 1. The van der Waals surface area contributed by atoms with Gasteiger partial charge in [0, 0.05) is 22.4 Å². The summed E-state index contributed by atoms with van der Waals surface area (Å²) >= 11 is 1.69. The van der Waals surface area contributed by atoms with E-state index < -0.39 is 16.7 Å². The van der Waals surface area contributed by atoms with Gasteiger partial charge >= 0.3 is 5.97 Å². The van der Waals surface area contributed by atoms with Crippen molar-refractivity contribution in [1.82, 2.24) is 0 Å². The van der Waals surface area contributed by atoms with Crippen molar-refractivity contribution in [3.63, 3.8) is 0 Å². The van der Waals surface area contributed by atoms with E-state index in [1.807, 2.05) is 42.6 Å². The zero-order valence-corrected chi connectivity index (χ0v) is 13.6. The van der Waals surface area contributed by atoms with Crippen molar-refractivity contribution >= 4 is 17.3 Å². The molecule has 0 bridgehead atoms. The Balaban J connectivity index is 2.04. The van der Waals surface area contributed by atoms with Crippen LogP contribution in [0.3, 0.4) is 0 Å². The molecule has 0 N–H and O–H groups in total. The molecule has 1 aliphatic rings. The number of quaternary nitrogens is 1. The van der Waals surface area contributed by atoms with E-state index in [-0.39, 0.29) is 0 Å². The average Bonchev–Trinajstić information content (AvgIpc) is 2.96. The zero-order valence-electron chi connectivity index (χ0n) is 12.7. The number of carbonyl (C=O) groups excluding carboxylic acids is 1. The Morgan fingerprint density at radius 1 is 1.36 bits per heavy atom. The summed E-state index contributed by atoms with van der Waals surface area (Å²) in [5.41, 5.74) is 2.78. The predicted octanol–water partition coefficient (Wildman–Crippen LogP) is 3.34. The molecule has 1 aliphatic heterocycles. The van der Waals surface area contributed by atoms with Crippen LogP contribution in [0, 0.1) is 12.1 Å². The van der Waals surface area contributed by atoms with Crippen molar-refractivity contribution in [3.05, 3.63) is 62.5 Å². The number of methoxy groups -OCH3 is 1. The lowest BCUT2D eigenvalue weighted by Crippen LogP contribution is -2.51. The lowest BCUT2D eigenvalue weighted by atomic mass is 9.97. The first-order chi connectivity index (χ1) is 10.5. The molecule has 2 heterocycles. The van der Waals surface area contributed by atoms with Gasteiger partial charge in [-0.05, 0) is 23.9 Å². The van der Waals surface area contributed by atoms with Crippen LogP contribution in [0.15, 0.2) is 35.7 Å². The minimum atomic E-state index is -0.820. The molecule has 0 fully saturated rings. The van der Waals surface area contributed by atoms with Gasteiger partial charge in [0.15, 0.2) is 0 Å². The van der Waals surface area contributed by atoms with E-state index >= 15 is 0 Å². The highest BCUT2D eigenvalue weighted by Gasteiger charge is 2.41. The highest BCUT2D eigenvalue weighted by atomic mass is 32.1. The molecular weight excluding hydrogens is 298 g/mol. The first kappa shape index (κ1) is 15.2. The Hall–Kier alpha value is -1.69. The zero-order chi connectivity index (χ0) is 15.7. The Morgan fingerprint density at radius 2 is 2.14 bits per heavy atom. The van der Waals surface area contributed by atoms with Gasteiger partial charge in [0.25, 0.3) is 0 Å². The second kappa shape index (κ2) is 5.83. The molecular formula is C17H19NO3S. The highest BCUT2D eigenvalue weighted by Crippen LogP contribution is 2.38. The molecule has 0 spiro atoms. The minimum Gasteiger partial charge on any atom is -0.632 e. The van der Waals surface area contributed by atoms with Gasteiger partial charge in [-0.25, -0.2) is 4.79 Å². The van der Waals surface area contributed by atoms with E-state index in [0.717, 1.165) is 23.1 Å². The molecule has 5 heteroatoms. The first-order valence-electron chi connectivity index (χ1n) is 7.31. The summed E-state index contributed by atoms with van der Waals surface area (Å²) in [6.45, 7) is 2.66. The number of hydrogen-bond acceptors (Lipinski definition) is 4. The SMILES string of the molecule is COC(=O)[C@@H](c1ccccc1C)[N+]1([O-])CCc2sccc2C1. The molecule has 4 nitrogen and oxygen atoms in total. The quantitative estimate of drug-likeness (QED) is 0.495.